The van der Waals surface area contributed by atoms with Crippen LogP contribution >= 0.6 is 0 Å². The minimum absolute atomic E-state index is 0.0365. The Balaban J connectivity index is 1.40. The van der Waals surface area contributed by atoms with E-state index in [2.05, 4.69) is 17.3 Å². The fourth-order valence-electron chi connectivity index (χ4n) is 3.10. The highest BCUT2D eigenvalue weighted by atomic mass is 16.6. The predicted octanol–water partition coefficient (Wildman–Crippen LogP) is 2.42. The van der Waals surface area contributed by atoms with Crippen LogP contribution in [0.1, 0.15) is 24.6 Å². The number of rotatable bonds is 8. The summed E-state index contributed by atoms with van der Waals surface area (Å²) in [6.45, 7) is 6.40. The van der Waals surface area contributed by atoms with Crippen LogP contribution < -0.4 is 5.32 Å². The second-order valence-corrected chi connectivity index (χ2v) is 6.66. The van der Waals surface area contributed by atoms with Crippen LogP contribution in [0.3, 0.4) is 0 Å². The summed E-state index contributed by atoms with van der Waals surface area (Å²) < 4.78 is 13.2. The number of hydrogen-bond acceptors (Lipinski definition) is 5. The van der Waals surface area contributed by atoms with Gasteiger partial charge in [0.15, 0.2) is 0 Å². The summed E-state index contributed by atoms with van der Waals surface area (Å²) in [7, 11) is 0. The van der Waals surface area contributed by atoms with Gasteiger partial charge < -0.3 is 19.7 Å². The SMILES string of the molecule is CCCn1nccc1CNCC1CN(C(=O)OCc2ccccc2)CCO1. The fourth-order valence-corrected chi connectivity index (χ4v) is 3.10. The van der Waals surface area contributed by atoms with Gasteiger partial charge in [0.25, 0.3) is 0 Å². The lowest BCUT2D eigenvalue weighted by atomic mass is 10.2. The molecule has 1 atom stereocenters. The van der Waals surface area contributed by atoms with Gasteiger partial charge in [-0.15, -0.1) is 0 Å². The molecule has 1 aromatic carbocycles. The summed E-state index contributed by atoms with van der Waals surface area (Å²) in [5.41, 5.74) is 2.15. The van der Waals surface area contributed by atoms with Gasteiger partial charge in [-0.3, -0.25) is 4.68 Å². The summed E-state index contributed by atoms with van der Waals surface area (Å²) in [6, 6.07) is 11.7. The van der Waals surface area contributed by atoms with Crippen LogP contribution in [0.4, 0.5) is 4.79 Å². The molecule has 1 aliphatic heterocycles. The number of benzene rings is 1. The predicted molar refractivity (Wildman–Crippen MR) is 102 cm³/mol. The summed E-state index contributed by atoms with van der Waals surface area (Å²) in [5, 5.41) is 7.74. The average molecular weight is 372 g/mol. The number of aryl methyl sites for hydroxylation is 1. The normalized spacial score (nSPS) is 17.1. The molecule has 146 valence electrons. The third kappa shape index (κ3) is 5.80. The van der Waals surface area contributed by atoms with Crippen LogP contribution in [0.5, 0.6) is 0 Å². The molecule has 0 spiro atoms. The molecule has 7 heteroatoms. The second kappa shape index (κ2) is 10.1. The third-order valence-electron chi connectivity index (χ3n) is 4.52. The Bertz CT molecular complexity index is 704. The molecule has 1 aromatic heterocycles. The fraction of sp³-hybridized carbons (Fsp3) is 0.500. The van der Waals surface area contributed by atoms with Crippen LogP contribution in [0.25, 0.3) is 0 Å². The molecule has 0 aliphatic carbocycles. The van der Waals surface area contributed by atoms with Crippen molar-refractivity contribution in [2.45, 2.75) is 39.1 Å². The van der Waals surface area contributed by atoms with Gasteiger partial charge in [0.1, 0.15) is 6.61 Å². The van der Waals surface area contributed by atoms with Gasteiger partial charge in [0.2, 0.25) is 0 Å². The molecular formula is C20H28N4O3. The molecular weight excluding hydrogens is 344 g/mol. The van der Waals surface area contributed by atoms with Gasteiger partial charge in [-0.05, 0) is 18.1 Å². The lowest BCUT2D eigenvalue weighted by molar-refractivity contribution is -0.0272. The highest BCUT2D eigenvalue weighted by molar-refractivity contribution is 5.67. The van der Waals surface area contributed by atoms with E-state index in [9.17, 15) is 4.79 Å². The van der Waals surface area contributed by atoms with Crippen molar-refractivity contribution in [1.29, 1.82) is 0 Å². The number of ether oxygens (including phenoxy) is 2. The lowest BCUT2D eigenvalue weighted by Gasteiger charge is -2.32. The van der Waals surface area contributed by atoms with E-state index in [0.717, 1.165) is 30.8 Å². The maximum absolute atomic E-state index is 12.3. The standard InChI is InChI=1S/C20H28N4O3/c1-2-10-24-18(8-9-22-24)13-21-14-19-15-23(11-12-26-19)20(25)27-16-17-6-4-3-5-7-17/h3-9,19,21H,2,10-16H2,1H3. The van der Waals surface area contributed by atoms with E-state index < -0.39 is 0 Å². The Labute approximate surface area is 160 Å². The molecule has 1 aliphatic rings. The minimum Gasteiger partial charge on any atom is -0.445 e. The van der Waals surface area contributed by atoms with Gasteiger partial charge in [0.05, 0.1) is 24.9 Å². The van der Waals surface area contributed by atoms with E-state index in [1.807, 2.05) is 47.3 Å². The maximum Gasteiger partial charge on any atom is 0.410 e. The number of hydrogen-bond donors (Lipinski definition) is 1. The maximum atomic E-state index is 12.3. The Hall–Kier alpha value is -2.38. The van der Waals surface area contributed by atoms with Crippen molar-refractivity contribution in [2.75, 3.05) is 26.2 Å². The molecule has 0 saturated carbocycles. The van der Waals surface area contributed by atoms with Crippen molar-refractivity contribution in [2.24, 2.45) is 0 Å². The van der Waals surface area contributed by atoms with Crippen molar-refractivity contribution in [3.05, 3.63) is 53.9 Å². The highest BCUT2D eigenvalue weighted by Crippen LogP contribution is 2.09. The van der Waals surface area contributed by atoms with Crippen LogP contribution in [-0.2, 0) is 29.2 Å². The first-order valence-corrected chi connectivity index (χ1v) is 9.55. The number of carbonyl (C=O) groups excluding carboxylic acids is 1. The topological polar surface area (TPSA) is 68.6 Å². The zero-order valence-electron chi connectivity index (χ0n) is 15.8. The van der Waals surface area contributed by atoms with E-state index in [1.54, 1.807) is 4.90 Å². The molecule has 1 fully saturated rings. The van der Waals surface area contributed by atoms with Crippen molar-refractivity contribution >= 4 is 6.09 Å². The zero-order valence-corrected chi connectivity index (χ0v) is 15.8. The Morgan fingerprint density at radius 2 is 2.19 bits per heavy atom. The number of nitrogens with one attached hydrogen (secondary N) is 1. The zero-order chi connectivity index (χ0) is 18.9. The van der Waals surface area contributed by atoms with Crippen molar-refractivity contribution in [1.82, 2.24) is 20.0 Å². The molecule has 0 radical (unpaired) electrons. The van der Waals surface area contributed by atoms with E-state index >= 15 is 0 Å². The summed E-state index contributed by atoms with van der Waals surface area (Å²) in [5.74, 6) is 0. The lowest BCUT2D eigenvalue weighted by Crippen LogP contribution is -2.49. The summed E-state index contributed by atoms with van der Waals surface area (Å²) >= 11 is 0. The Morgan fingerprint density at radius 3 is 3.00 bits per heavy atom. The first-order chi connectivity index (χ1) is 13.3. The number of amides is 1. The molecule has 0 bridgehead atoms. The molecule has 1 unspecified atom stereocenters. The first kappa shape index (κ1) is 19.4. The Kier molecular flexibility index (Phi) is 7.24. The number of nitrogens with zero attached hydrogens (tertiary/aromatic N) is 3. The third-order valence-corrected chi connectivity index (χ3v) is 4.52. The van der Waals surface area contributed by atoms with Crippen molar-refractivity contribution < 1.29 is 14.3 Å². The highest BCUT2D eigenvalue weighted by Gasteiger charge is 2.25. The van der Waals surface area contributed by atoms with E-state index in [-0.39, 0.29) is 12.2 Å². The van der Waals surface area contributed by atoms with Crippen molar-refractivity contribution in [3.63, 3.8) is 0 Å². The number of aromatic nitrogens is 2. The monoisotopic (exact) mass is 372 g/mol. The van der Waals surface area contributed by atoms with Gasteiger partial charge >= 0.3 is 6.09 Å². The van der Waals surface area contributed by atoms with Gasteiger partial charge in [-0.2, -0.15) is 5.10 Å². The smallest absolute Gasteiger partial charge is 0.410 e. The van der Waals surface area contributed by atoms with Gasteiger partial charge in [0, 0.05) is 32.4 Å². The van der Waals surface area contributed by atoms with Gasteiger partial charge in [-0.1, -0.05) is 37.3 Å². The molecule has 1 amide bonds. The molecule has 27 heavy (non-hydrogen) atoms. The van der Waals surface area contributed by atoms with E-state index in [1.165, 1.54) is 0 Å². The van der Waals surface area contributed by atoms with Crippen LogP contribution in [0.2, 0.25) is 0 Å². The first-order valence-electron chi connectivity index (χ1n) is 9.55. The van der Waals surface area contributed by atoms with Gasteiger partial charge in [-0.25, -0.2) is 4.79 Å². The minimum atomic E-state index is -0.284. The molecule has 7 nitrogen and oxygen atoms in total. The largest absolute Gasteiger partial charge is 0.445 e. The number of morpholine rings is 1. The van der Waals surface area contributed by atoms with Crippen LogP contribution in [0, 0.1) is 0 Å². The van der Waals surface area contributed by atoms with E-state index in [4.69, 9.17) is 9.47 Å². The molecule has 2 aromatic rings. The van der Waals surface area contributed by atoms with E-state index in [0.29, 0.717) is 32.8 Å². The molecule has 1 saturated heterocycles. The Morgan fingerprint density at radius 1 is 1.33 bits per heavy atom. The average Bonchev–Trinajstić information content (AvgIpc) is 3.14. The van der Waals surface area contributed by atoms with Crippen LogP contribution in [-0.4, -0.2) is 53.1 Å². The second-order valence-electron chi connectivity index (χ2n) is 6.66. The quantitative estimate of drug-likeness (QED) is 0.771. The molecule has 3 rings (SSSR count). The number of carbonyl (C=O) groups is 1. The summed E-state index contributed by atoms with van der Waals surface area (Å²) in [6.07, 6.45) is 2.56. The molecule has 2 heterocycles. The summed E-state index contributed by atoms with van der Waals surface area (Å²) in [4.78, 5) is 14.0. The van der Waals surface area contributed by atoms with Crippen molar-refractivity contribution in [3.8, 4) is 0 Å². The van der Waals surface area contributed by atoms with Crippen LogP contribution in [0.15, 0.2) is 42.6 Å². The molecule has 1 N–H and O–H groups in total.